The molecule has 0 saturated carbocycles. The van der Waals surface area contributed by atoms with Gasteiger partial charge in [0.25, 0.3) is 0 Å². The van der Waals surface area contributed by atoms with Gasteiger partial charge in [0.1, 0.15) is 12.8 Å². The van der Waals surface area contributed by atoms with E-state index in [0.29, 0.717) is 17.8 Å². The summed E-state index contributed by atoms with van der Waals surface area (Å²) in [6, 6.07) is 0. The average Bonchev–Trinajstić information content (AvgIpc) is 3.61. The SMILES string of the molecule is CCN(CCNC)C1=CC=C([C@@H](/C=C\CCC(C)C)C2=C(C[C@@H](C)CC(C)OCC(O)CF)C2)[C@H](C)C1. The molecule has 37 heavy (non-hydrogen) atoms. The fourth-order valence-corrected chi connectivity index (χ4v) is 5.52. The number of rotatable bonds is 19. The largest absolute Gasteiger partial charge is 0.388 e. The fraction of sp³-hybridized carbons (Fsp3) is 0.750. The highest BCUT2D eigenvalue weighted by atomic mass is 19.1. The number of hydrogen-bond donors (Lipinski definition) is 2. The minimum Gasteiger partial charge on any atom is -0.388 e. The van der Waals surface area contributed by atoms with E-state index in [4.69, 9.17) is 4.74 Å². The zero-order chi connectivity index (χ0) is 27.4. The number of nitrogens with zero attached hydrogens (tertiary/aromatic N) is 1. The highest BCUT2D eigenvalue weighted by molar-refractivity contribution is 5.46. The predicted molar refractivity (Wildman–Crippen MR) is 155 cm³/mol. The van der Waals surface area contributed by atoms with Crippen LogP contribution < -0.4 is 5.32 Å². The Hall–Kier alpha value is -1.43. The van der Waals surface area contributed by atoms with E-state index in [2.05, 4.69) is 69.1 Å². The Kier molecular flexibility index (Phi) is 14.2. The van der Waals surface area contributed by atoms with Crippen molar-refractivity contribution < 1.29 is 14.2 Å². The number of halogens is 1. The Morgan fingerprint density at radius 2 is 2.00 bits per heavy atom. The molecule has 212 valence electrons. The van der Waals surface area contributed by atoms with Gasteiger partial charge in [-0.2, -0.15) is 0 Å². The molecule has 0 aliphatic heterocycles. The topological polar surface area (TPSA) is 44.7 Å². The second-order valence-corrected chi connectivity index (χ2v) is 11.8. The van der Waals surface area contributed by atoms with Gasteiger partial charge in [0.05, 0.1) is 12.7 Å². The molecule has 2 aliphatic rings. The molecular formula is C32H55FN2O2. The van der Waals surface area contributed by atoms with Crippen LogP contribution in [0.3, 0.4) is 0 Å². The molecule has 5 atom stereocenters. The Morgan fingerprint density at radius 1 is 1.24 bits per heavy atom. The number of likely N-dealkylation sites (N-methyl/N-ethyl adjacent to an activating group) is 2. The number of hydrogen-bond acceptors (Lipinski definition) is 4. The first kappa shape index (κ1) is 31.8. The van der Waals surface area contributed by atoms with Crippen molar-refractivity contribution in [1.82, 2.24) is 10.2 Å². The van der Waals surface area contributed by atoms with Crippen LogP contribution in [0.5, 0.6) is 0 Å². The van der Waals surface area contributed by atoms with E-state index in [9.17, 15) is 9.50 Å². The van der Waals surface area contributed by atoms with Gasteiger partial charge in [0, 0.05) is 31.2 Å². The van der Waals surface area contributed by atoms with Gasteiger partial charge >= 0.3 is 0 Å². The second kappa shape index (κ2) is 16.5. The molecule has 2 unspecified atom stereocenters. The molecule has 0 saturated heterocycles. The molecule has 2 aliphatic carbocycles. The first-order valence-corrected chi connectivity index (χ1v) is 14.7. The third-order valence-electron chi connectivity index (χ3n) is 7.76. The summed E-state index contributed by atoms with van der Waals surface area (Å²) in [6.07, 6.45) is 15.4. The number of allylic oxidation sites excluding steroid dienone is 8. The molecule has 0 bridgehead atoms. The molecule has 5 heteroatoms. The summed E-state index contributed by atoms with van der Waals surface area (Å²) in [4.78, 5) is 2.51. The van der Waals surface area contributed by atoms with E-state index in [1.807, 2.05) is 14.0 Å². The molecule has 0 aromatic carbocycles. The molecular weight excluding hydrogens is 463 g/mol. The van der Waals surface area contributed by atoms with Crippen LogP contribution in [0.4, 0.5) is 4.39 Å². The summed E-state index contributed by atoms with van der Waals surface area (Å²) in [5.74, 6) is 2.18. The summed E-state index contributed by atoms with van der Waals surface area (Å²) in [6.45, 7) is 16.0. The highest BCUT2D eigenvalue weighted by Crippen LogP contribution is 2.48. The van der Waals surface area contributed by atoms with Crippen molar-refractivity contribution in [2.24, 2.45) is 23.7 Å². The van der Waals surface area contributed by atoms with Crippen LogP contribution in [-0.2, 0) is 4.74 Å². The van der Waals surface area contributed by atoms with Gasteiger partial charge in [-0.15, -0.1) is 0 Å². The van der Waals surface area contributed by atoms with Crippen molar-refractivity contribution in [2.45, 2.75) is 92.3 Å². The minimum atomic E-state index is -1.01. The monoisotopic (exact) mass is 518 g/mol. The number of ether oxygens (including phenoxy) is 1. The first-order chi connectivity index (χ1) is 17.7. The smallest absolute Gasteiger partial charge is 0.118 e. The molecule has 0 radical (unpaired) electrons. The van der Waals surface area contributed by atoms with Crippen molar-refractivity contribution in [3.8, 4) is 0 Å². The summed E-state index contributed by atoms with van der Waals surface area (Å²) < 4.78 is 18.2. The van der Waals surface area contributed by atoms with Gasteiger partial charge in [-0.25, -0.2) is 4.39 Å². The Labute approximate surface area is 227 Å². The Morgan fingerprint density at radius 3 is 2.62 bits per heavy atom. The number of nitrogens with one attached hydrogen (secondary N) is 1. The maximum atomic E-state index is 12.5. The van der Waals surface area contributed by atoms with E-state index >= 15 is 0 Å². The maximum Gasteiger partial charge on any atom is 0.118 e. The molecule has 0 fully saturated rings. The van der Waals surface area contributed by atoms with Crippen LogP contribution in [0.25, 0.3) is 0 Å². The van der Waals surface area contributed by atoms with Gasteiger partial charge < -0.3 is 20.1 Å². The highest BCUT2D eigenvalue weighted by Gasteiger charge is 2.33. The molecule has 2 rings (SSSR count). The van der Waals surface area contributed by atoms with Gasteiger partial charge in [0.15, 0.2) is 0 Å². The van der Waals surface area contributed by atoms with E-state index in [0.717, 1.165) is 57.7 Å². The zero-order valence-corrected chi connectivity index (χ0v) is 24.7. The van der Waals surface area contributed by atoms with Crippen LogP contribution in [0, 0.1) is 23.7 Å². The summed E-state index contributed by atoms with van der Waals surface area (Å²) in [5.41, 5.74) is 6.24. The molecule has 0 aromatic rings. The molecule has 0 aromatic heterocycles. The standard InChI is InChI=1S/C32H55FN2O2/c1-8-35(16-15-34-7)28-13-14-30(25(5)19-28)31(12-10-9-11-23(2)3)32-20-27(32)18-24(4)17-26(6)37-22-29(36)21-33/h10,12-14,23-26,29,31,34,36H,8-9,11,15-22H2,1-7H3/b12-10-/t24-,25+,26?,29?,31+/m0/s1. The quantitative estimate of drug-likeness (QED) is 0.184. The van der Waals surface area contributed by atoms with Crippen molar-refractivity contribution in [1.29, 1.82) is 0 Å². The third kappa shape index (κ3) is 11.1. The summed E-state index contributed by atoms with van der Waals surface area (Å²) >= 11 is 0. The molecule has 2 N–H and O–H groups in total. The lowest BCUT2D eigenvalue weighted by molar-refractivity contribution is -0.0174. The Balaban J connectivity index is 2.12. The number of alkyl halides is 1. The molecule has 0 spiro atoms. The lowest BCUT2D eigenvalue weighted by atomic mass is 9.81. The van der Waals surface area contributed by atoms with Crippen LogP contribution in [-0.4, -0.2) is 62.2 Å². The van der Waals surface area contributed by atoms with Crippen molar-refractivity contribution in [3.63, 3.8) is 0 Å². The second-order valence-electron chi connectivity index (χ2n) is 11.8. The van der Waals surface area contributed by atoms with E-state index in [-0.39, 0.29) is 12.7 Å². The van der Waals surface area contributed by atoms with E-state index in [1.54, 1.807) is 16.7 Å². The van der Waals surface area contributed by atoms with Gasteiger partial charge in [-0.3, -0.25) is 0 Å². The summed E-state index contributed by atoms with van der Waals surface area (Å²) in [5, 5.41) is 12.7. The van der Waals surface area contributed by atoms with Crippen molar-refractivity contribution >= 4 is 0 Å². The molecule has 4 nitrogen and oxygen atoms in total. The zero-order valence-electron chi connectivity index (χ0n) is 24.7. The van der Waals surface area contributed by atoms with E-state index in [1.165, 1.54) is 12.1 Å². The lowest BCUT2D eigenvalue weighted by Crippen LogP contribution is -2.32. The predicted octanol–water partition coefficient (Wildman–Crippen LogP) is 6.84. The summed E-state index contributed by atoms with van der Waals surface area (Å²) in [7, 11) is 2.02. The lowest BCUT2D eigenvalue weighted by Gasteiger charge is -2.32. The van der Waals surface area contributed by atoms with Crippen LogP contribution in [0.1, 0.15) is 80.1 Å². The normalized spacial score (nSPS) is 21.2. The maximum absolute atomic E-state index is 12.5. The van der Waals surface area contributed by atoms with Gasteiger partial charge in [0.2, 0.25) is 0 Å². The van der Waals surface area contributed by atoms with E-state index < -0.39 is 12.8 Å². The van der Waals surface area contributed by atoms with Crippen LogP contribution in [0.2, 0.25) is 0 Å². The third-order valence-corrected chi connectivity index (χ3v) is 7.76. The van der Waals surface area contributed by atoms with Crippen LogP contribution in [0.15, 0.2) is 46.7 Å². The first-order valence-electron chi connectivity index (χ1n) is 14.7. The number of aliphatic hydroxyl groups excluding tert-OH is 1. The van der Waals surface area contributed by atoms with Gasteiger partial charge in [-0.1, -0.05) is 62.6 Å². The molecule has 0 heterocycles. The fourth-order valence-electron chi connectivity index (χ4n) is 5.52. The van der Waals surface area contributed by atoms with Crippen molar-refractivity contribution in [2.75, 3.05) is 40.0 Å². The van der Waals surface area contributed by atoms with Gasteiger partial charge in [-0.05, 0) is 83.2 Å². The minimum absolute atomic E-state index is 0.0276. The molecule has 0 amide bonds. The van der Waals surface area contributed by atoms with Crippen molar-refractivity contribution in [3.05, 3.63) is 46.7 Å². The average molecular weight is 519 g/mol. The number of aliphatic hydroxyl groups is 1. The Bertz CT molecular complexity index is 801. The van der Waals surface area contributed by atoms with Crippen LogP contribution >= 0.6 is 0 Å².